The summed E-state index contributed by atoms with van der Waals surface area (Å²) in [6, 6.07) is 2.66. The number of hydrogen-bond donors (Lipinski definition) is 0. The Bertz CT molecular complexity index is 397. The molecule has 0 aromatic heterocycles. The molecule has 5 heteroatoms. The maximum Gasteiger partial charge on any atom is 0.328 e. The average Bonchev–Trinajstić information content (AvgIpc) is 2.10. The van der Waals surface area contributed by atoms with E-state index in [4.69, 9.17) is 5.53 Å². The Hall–Kier alpha value is -1.87. The van der Waals surface area contributed by atoms with Gasteiger partial charge in [-0.15, -0.1) is 0 Å². The summed E-state index contributed by atoms with van der Waals surface area (Å²) in [6.07, 6.45) is 0.604. The first-order valence-corrected chi connectivity index (χ1v) is 3.32. The molecule has 0 aliphatic heterocycles. The van der Waals surface area contributed by atoms with Gasteiger partial charge in [0.15, 0.2) is 11.6 Å². The number of benzene rings is 1. The Morgan fingerprint density at radius 1 is 1.38 bits per heavy atom. The molecular weight excluding hydrogens is 178 g/mol. The molecule has 0 unspecified atom stereocenters. The van der Waals surface area contributed by atoms with Crippen molar-refractivity contribution >= 4 is 12.0 Å². The van der Waals surface area contributed by atoms with Gasteiger partial charge in [0, 0.05) is 5.56 Å². The SMILES string of the molecule is [N-]=[N+]=CC(=O)c1ccc(F)c(F)c1. The van der Waals surface area contributed by atoms with Crippen molar-refractivity contribution in [3.63, 3.8) is 0 Å². The smallest absolute Gasteiger partial charge is 0.328 e. The Morgan fingerprint density at radius 2 is 2.08 bits per heavy atom. The minimum Gasteiger partial charge on any atom is -0.361 e. The molecule has 0 amide bonds. The van der Waals surface area contributed by atoms with Gasteiger partial charge in [0.05, 0.1) is 0 Å². The zero-order chi connectivity index (χ0) is 9.84. The van der Waals surface area contributed by atoms with Gasteiger partial charge < -0.3 is 5.53 Å². The predicted octanol–water partition coefficient (Wildman–Crippen LogP) is 1.45. The Balaban J connectivity index is 3.10. The normalized spacial score (nSPS) is 9.08. The van der Waals surface area contributed by atoms with Crippen LogP contribution in [-0.2, 0) is 0 Å². The molecule has 0 saturated carbocycles. The number of rotatable bonds is 2. The molecule has 0 atom stereocenters. The number of halogens is 2. The summed E-state index contributed by atoms with van der Waals surface area (Å²) in [5.41, 5.74) is 7.93. The third-order valence-electron chi connectivity index (χ3n) is 1.38. The van der Waals surface area contributed by atoms with Crippen LogP contribution in [-0.4, -0.2) is 16.8 Å². The van der Waals surface area contributed by atoms with Gasteiger partial charge in [0.2, 0.25) is 0 Å². The van der Waals surface area contributed by atoms with Crippen molar-refractivity contribution in [1.82, 2.24) is 0 Å². The minimum atomic E-state index is -1.11. The topological polar surface area (TPSA) is 53.5 Å². The molecule has 66 valence electrons. The van der Waals surface area contributed by atoms with E-state index in [1.54, 1.807) is 0 Å². The second kappa shape index (κ2) is 3.69. The fourth-order valence-electron chi connectivity index (χ4n) is 0.776. The fraction of sp³-hybridized carbons (Fsp3) is 0. The molecule has 0 aliphatic rings. The van der Waals surface area contributed by atoms with E-state index in [2.05, 4.69) is 4.79 Å². The van der Waals surface area contributed by atoms with Gasteiger partial charge in [-0.05, 0) is 18.2 Å². The zero-order valence-electron chi connectivity index (χ0n) is 6.37. The van der Waals surface area contributed by atoms with E-state index in [0.717, 1.165) is 18.2 Å². The molecule has 0 N–H and O–H groups in total. The molecule has 0 heterocycles. The van der Waals surface area contributed by atoms with Crippen molar-refractivity contribution in [2.75, 3.05) is 0 Å². The summed E-state index contributed by atoms with van der Waals surface area (Å²) < 4.78 is 24.9. The number of Topliss-reactive ketones (excluding diaryl/α,β-unsaturated/α-hetero) is 1. The van der Waals surface area contributed by atoms with Crippen LogP contribution in [0.15, 0.2) is 18.2 Å². The van der Waals surface area contributed by atoms with Gasteiger partial charge >= 0.3 is 6.21 Å². The van der Waals surface area contributed by atoms with Crippen LogP contribution >= 0.6 is 0 Å². The summed E-state index contributed by atoms with van der Waals surface area (Å²) >= 11 is 0. The molecular formula is C8H4F2N2O. The van der Waals surface area contributed by atoms with Crippen molar-refractivity contribution in [1.29, 1.82) is 0 Å². The maximum absolute atomic E-state index is 12.5. The van der Waals surface area contributed by atoms with Crippen molar-refractivity contribution in [2.24, 2.45) is 0 Å². The number of carbonyl (C=O) groups excluding carboxylic acids is 1. The molecule has 0 bridgehead atoms. The molecule has 0 saturated heterocycles. The number of hydrogen-bond acceptors (Lipinski definition) is 1. The van der Waals surface area contributed by atoms with Crippen molar-refractivity contribution < 1.29 is 18.4 Å². The van der Waals surface area contributed by atoms with Gasteiger partial charge in [-0.25, -0.2) is 8.78 Å². The highest BCUT2D eigenvalue weighted by molar-refractivity contribution is 6.33. The summed E-state index contributed by atoms with van der Waals surface area (Å²) in [5, 5.41) is 0. The highest BCUT2D eigenvalue weighted by Crippen LogP contribution is 2.08. The third kappa shape index (κ3) is 2.04. The van der Waals surface area contributed by atoms with Crippen LogP contribution in [0.4, 0.5) is 8.78 Å². The Morgan fingerprint density at radius 3 is 2.62 bits per heavy atom. The number of carbonyl (C=O) groups is 1. The largest absolute Gasteiger partial charge is 0.361 e. The van der Waals surface area contributed by atoms with Crippen molar-refractivity contribution in [3.05, 3.63) is 40.9 Å². The minimum absolute atomic E-state index is 0.0725. The van der Waals surface area contributed by atoms with E-state index < -0.39 is 17.4 Å². The predicted molar refractivity (Wildman–Crippen MR) is 40.4 cm³/mol. The standard InChI is InChI=1S/C8H4F2N2O/c9-6-2-1-5(3-7(6)10)8(13)4-12-11/h1-4H. The first-order valence-electron chi connectivity index (χ1n) is 3.32. The maximum atomic E-state index is 12.5. The van der Waals surface area contributed by atoms with E-state index >= 15 is 0 Å². The monoisotopic (exact) mass is 182 g/mol. The van der Waals surface area contributed by atoms with E-state index in [1.165, 1.54) is 0 Å². The molecule has 1 aromatic rings. The van der Waals surface area contributed by atoms with Gasteiger partial charge in [-0.2, -0.15) is 4.79 Å². The molecule has 0 radical (unpaired) electrons. The number of ketones is 1. The molecule has 1 aromatic carbocycles. The number of nitrogens with zero attached hydrogens (tertiary/aromatic N) is 2. The van der Waals surface area contributed by atoms with E-state index in [9.17, 15) is 13.6 Å². The van der Waals surface area contributed by atoms with Crippen LogP contribution in [0.3, 0.4) is 0 Å². The van der Waals surface area contributed by atoms with Crippen LogP contribution in [0.25, 0.3) is 5.53 Å². The Labute approximate surface area is 72.2 Å². The lowest BCUT2D eigenvalue weighted by Crippen LogP contribution is -2.02. The fourth-order valence-corrected chi connectivity index (χ4v) is 0.776. The molecule has 13 heavy (non-hydrogen) atoms. The summed E-state index contributed by atoms with van der Waals surface area (Å²) in [7, 11) is 0. The average molecular weight is 182 g/mol. The molecule has 3 nitrogen and oxygen atoms in total. The highest BCUT2D eigenvalue weighted by Gasteiger charge is 2.10. The summed E-state index contributed by atoms with van der Waals surface area (Å²) in [5.74, 6) is -2.84. The lowest BCUT2D eigenvalue weighted by molar-refractivity contribution is 0.00234. The van der Waals surface area contributed by atoms with E-state index in [-0.39, 0.29) is 5.56 Å². The zero-order valence-corrected chi connectivity index (χ0v) is 6.37. The molecule has 0 fully saturated rings. The van der Waals surface area contributed by atoms with Crippen LogP contribution in [0.5, 0.6) is 0 Å². The highest BCUT2D eigenvalue weighted by atomic mass is 19.2. The van der Waals surface area contributed by atoms with Gasteiger partial charge in [-0.1, -0.05) is 0 Å². The first-order chi connectivity index (χ1) is 6.15. The van der Waals surface area contributed by atoms with Gasteiger partial charge in [0.25, 0.3) is 5.78 Å². The van der Waals surface area contributed by atoms with E-state index in [1.807, 2.05) is 0 Å². The second-order valence-electron chi connectivity index (χ2n) is 2.24. The summed E-state index contributed by atoms with van der Waals surface area (Å²) in [4.78, 5) is 13.4. The molecule has 0 aliphatic carbocycles. The lowest BCUT2D eigenvalue weighted by Gasteiger charge is -1.93. The third-order valence-corrected chi connectivity index (χ3v) is 1.38. The van der Waals surface area contributed by atoms with Crippen LogP contribution in [0.2, 0.25) is 0 Å². The van der Waals surface area contributed by atoms with Crippen LogP contribution in [0, 0.1) is 11.6 Å². The van der Waals surface area contributed by atoms with E-state index in [0.29, 0.717) is 6.21 Å². The molecule has 1 rings (SSSR count). The lowest BCUT2D eigenvalue weighted by atomic mass is 10.1. The quantitative estimate of drug-likeness (QED) is 0.295. The van der Waals surface area contributed by atoms with Gasteiger partial charge in [0.1, 0.15) is 0 Å². The van der Waals surface area contributed by atoms with Crippen molar-refractivity contribution in [3.8, 4) is 0 Å². The van der Waals surface area contributed by atoms with Crippen molar-refractivity contribution in [2.45, 2.75) is 0 Å². The molecule has 0 spiro atoms. The van der Waals surface area contributed by atoms with Gasteiger partial charge in [-0.3, -0.25) is 4.79 Å². The Kier molecular flexibility index (Phi) is 2.62. The second-order valence-corrected chi connectivity index (χ2v) is 2.24. The van der Waals surface area contributed by atoms with Crippen LogP contribution in [0.1, 0.15) is 10.4 Å². The summed E-state index contributed by atoms with van der Waals surface area (Å²) in [6.45, 7) is 0. The van der Waals surface area contributed by atoms with Crippen LogP contribution < -0.4 is 0 Å². The first kappa shape index (κ1) is 9.22.